The minimum Gasteiger partial charge on any atom is -0.385 e. The maximum atomic E-state index is 3.89. The fraction of sp³-hybridized carbons (Fsp3) is 0.385. The molecule has 0 saturated carbocycles. The van der Waals surface area contributed by atoms with E-state index in [-0.39, 0.29) is 0 Å². The van der Waals surface area contributed by atoms with E-state index in [1.54, 1.807) is 0 Å². The molecule has 0 bridgehead atoms. The molecule has 0 aliphatic heterocycles. The maximum absolute atomic E-state index is 3.89. The predicted octanol–water partition coefficient (Wildman–Crippen LogP) is 3.68. The van der Waals surface area contributed by atoms with Crippen LogP contribution in [0.3, 0.4) is 0 Å². The number of hydrogen-bond acceptors (Lipinski definition) is 1. The van der Waals surface area contributed by atoms with E-state index in [4.69, 9.17) is 0 Å². The lowest BCUT2D eigenvalue weighted by atomic mass is 10.1. The number of nitrogens with one attached hydrogen (secondary N) is 1. The van der Waals surface area contributed by atoms with Crippen molar-refractivity contribution in [3.05, 3.63) is 41.5 Å². The first-order valence-electron chi connectivity index (χ1n) is 5.05. The standard InChI is InChI=1S/C13H19N/c1-10(2)8-9-14-13-7-5-6-11(3)12(13)4/h5-7,14H,1,8-9H2,2-4H3. The molecule has 1 N–H and O–H groups in total. The summed E-state index contributed by atoms with van der Waals surface area (Å²) in [6.07, 6.45) is 1.04. The Bertz CT molecular complexity index is 326. The van der Waals surface area contributed by atoms with Gasteiger partial charge in [0.25, 0.3) is 0 Å². The van der Waals surface area contributed by atoms with Crippen LogP contribution in [0.25, 0.3) is 0 Å². The molecule has 1 aromatic carbocycles. The molecule has 0 unspecified atom stereocenters. The van der Waals surface area contributed by atoms with Crippen molar-refractivity contribution in [1.82, 2.24) is 0 Å². The minimum atomic E-state index is 0.972. The van der Waals surface area contributed by atoms with E-state index in [0.29, 0.717) is 0 Å². The van der Waals surface area contributed by atoms with Crippen LogP contribution in [-0.4, -0.2) is 6.54 Å². The van der Waals surface area contributed by atoms with E-state index < -0.39 is 0 Å². The van der Waals surface area contributed by atoms with Crippen LogP contribution in [0.15, 0.2) is 30.4 Å². The lowest BCUT2D eigenvalue weighted by Crippen LogP contribution is -2.03. The largest absolute Gasteiger partial charge is 0.385 e. The summed E-state index contributed by atoms with van der Waals surface area (Å²) in [7, 11) is 0. The Kier molecular flexibility index (Phi) is 3.75. The first kappa shape index (κ1) is 10.8. The molecule has 0 aliphatic carbocycles. The number of benzene rings is 1. The summed E-state index contributed by atoms with van der Waals surface area (Å²) in [5, 5.41) is 3.42. The highest BCUT2D eigenvalue weighted by molar-refractivity contribution is 5.53. The molecule has 0 fully saturated rings. The van der Waals surface area contributed by atoms with Crippen LogP contribution in [0.1, 0.15) is 24.5 Å². The van der Waals surface area contributed by atoms with Crippen LogP contribution >= 0.6 is 0 Å². The van der Waals surface area contributed by atoms with Crippen LogP contribution < -0.4 is 5.32 Å². The predicted molar refractivity (Wildman–Crippen MR) is 63.8 cm³/mol. The van der Waals surface area contributed by atoms with Gasteiger partial charge < -0.3 is 5.32 Å². The van der Waals surface area contributed by atoms with E-state index in [0.717, 1.165) is 13.0 Å². The molecule has 0 spiro atoms. The quantitative estimate of drug-likeness (QED) is 0.712. The molecule has 0 saturated heterocycles. The Morgan fingerprint density at radius 1 is 1.36 bits per heavy atom. The number of rotatable bonds is 4. The van der Waals surface area contributed by atoms with Gasteiger partial charge in [-0.2, -0.15) is 0 Å². The van der Waals surface area contributed by atoms with Gasteiger partial charge in [-0.3, -0.25) is 0 Å². The van der Waals surface area contributed by atoms with Gasteiger partial charge in [0.2, 0.25) is 0 Å². The van der Waals surface area contributed by atoms with Crippen molar-refractivity contribution >= 4 is 5.69 Å². The van der Waals surface area contributed by atoms with E-state index >= 15 is 0 Å². The zero-order chi connectivity index (χ0) is 10.6. The molecule has 0 atom stereocenters. The normalized spacial score (nSPS) is 9.93. The van der Waals surface area contributed by atoms with Crippen molar-refractivity contribution in [2.24, 2.45) is 0 Å². The minimum absolute atomic E-state index is 0.972. The number of anilines is 1. The third kappa shape index (κ3) is 2.91. The third-order valence-electron chi connectivity index (χ3n) is 2.47. The molecule has 76 valence electrons. The number of aryl methyl sites for hydroxylation is 1. The molecule has 0 aromatic heterocycles. The molecule has 14 heavy (non-hydrogen) atoms. The molecular weight excluding hydrogens is 170 g/mol. The van der Waals surface area contributed by atoms with Crippen LogP contribution in [0.5, 0.6) is 0 Å². The third-order valence-corrected chi connectivity index (χ3v) is 2.47. The summed E-state index contributed by atoms with van der Waals surface area (Å²) in [5.41, 5.74) is 5.15. The van der Waals surface area contributed by atoms with E-state index in [9.17, 15) is 0 Å². The zero-order valence-electron chi connectivity index (χ0n) is 9.35. The Morgan fingerprint density at radius 2 is 2.07 bits per heavy atom. The maximum Gasteiger partial charge on any atom is 0.0372 e. The first-order chi connectivity index (χ1) is 6.61. The van der Waals surface area contributed by atoms with Gasteiger partial charge in [-0.15, -0.1) is 6.58 Å². The summed E-state index contributed by atoms with van der Waals surface area (Å²) in [4.78, 5) is 0. The highest BCUT2D eigenvalue weighted by Crippen LogP contribution is 2.17. The Labute approximate surface area is 86.8 Å². The summed E-state index contributed by atoms with van der Waals surface area (Å²) >= 11 is 0. The van der Waals surface area contributed by atoms with Crippen molar-refractivity contribution < 1.29 is 0 Å². The summed E-state index contributed by atoms with van der Waals surface area (Å²) in [6.45, 7) is 11.2. The van der Waals surface area contributed by atoms with Crippen LogP contribution in [0, 0.1) is 13.8 Å². The Morgan fingerprint density at radius 3 is 2.71 bits per heavy atom. The molecule has 0 aliphatic rings. The Balaban J connectivity index is 2.59. The van der Waals surface area contributed by atoms with Crippen molar-refractivity contribution in [3.63, 3.8) is 0 Å². The van der Waals surface area contributed by atoms with Gasteiger partial charge in [-0.1, -0.05) is 17.7 Å². The molecule has 0 heterocycles. The molecule has 1 aromatic rings. The van der Waals surface area contributed by atoms with Crippen molar-refractivity contribution in [3.8, 4) is 0 Å². The van der Waals surface area contributed by atoms with Crippen LogP contribution in [-0.2, 0) is 0 Å². The van der Waals surface area contributed by atoms with Gasteiger partial charge in [0, 0.05) is 12.2 Å². The molecule has 1 heteroatoms. The second-order valence-corrected chi connectivity index (χ2v) is 3.88. The SMILES string of the molecule is C=C(C)CCNc1cccc(C)c1C. The van der Waals surface area contributed by atoms with Gasteiger partial charge in [-0.25, -0.2) is 0 Å². The van der Waals surface area contributed by atoms with Crippen molar-refractivity contribution in [1.29, 1.82) is 0 Å². The van der Waals surface area contributed by atoms with Gasteiger partial charge in [0.1, 0.15) is 0 Å². The first-order valence-corrected chi connectivity index (χ1v) is 5.05. The van der Waals surface area contributed by atoms with Gasteiger partial charge in [0.05, 0.1) is 0 Å². The van der Waals surface area contributed by atoms with Crippen LogP contribution in [0.4, 0.5) is 5.69 Å². The smallest absolute Gasteiger partial charge is 0.0372 e. The summed E-state index contributed by atoms with van der Waals surface area (Å²) < 4.78 is 0. The van der Waals surface area contributed by atoms with E-state index in [2.05, 4.69) is 50.9 Å². The second-order valence-electron chi connectivity index (χ2n) is 3.88. The molecule has 1 nitrogen and oxygen atoms in total. The lowest BCUT2D eigenvalue weighted by molar-refractivity contribution is 0.999. The average molecular weight is 189 g/mol. The van der Waals surface area contributed by atoms with Crippen molar-refractivity contribution in [2.45, 2.75) is 27.2 Å². The topological polar surface area (TPSA) is 12.0 Å². The van der Waals surface area contributed by atoms with Gasteiger partial charge in [-0.05, 0) is 44.4 Å². The monoisotopic (exact) mass is 189 g/mol. The van der Waals surface area contributed by atoms with E-state index in [1.807, 2.05) is 0 Å². The molecular formula is C13H19N. The fourth-order valence-corrected chi connectivity index (χ4v) is 1.35. The summed E-state index contributed by atoms with van der Waals surface area (Å²) in [5.74, 6) is 0. The average Bonchev–Trinajstić information content (AvgIpc) is 2.12. The lowest BCUT2D eigenvalue weighted by Gasteiger charge is -2.11. The van der Waals surface area contributed by atoms with E-state index in [1.165, 1.54) is 22.4 Å². The van der Waals surface area contributed by atoms with Crippen LogP contribution in [0.2, 0.25) is 0 Å². The fourth-order valence-electron chi connectivity index (χ4n) is 1.35. The van der Waals surface area contributed by atoms with Gasteiger partial charge >= 0.3 is 0 Å². The summed E-state index contributed by atoms with van der Waals surface area (Å²) in [6, 6.07) is 6.35. The number of hydrogen-bond donors (Lipinski definition) is 1. The zero-order valence-corrected chi connectivity index (χ0v) is 9.35. The molecule has 0 amide bonds. The second kappa shape index (κ2) is 4.85. The van der Waals surface area contributed by atoms with Crippen molar-refractivity contribution in [2.75, 3.05) is 11.9 Å². The van der Waals surface area contributed by atoms with Gasteiger partial charge in [0.15, 0.2) is 0 Å². The molecule has 0 radical (unpaired) electrons. The highest BCUT2D eigenvalue weighted by Gasteiger charge is 1.98. The Hall–Kier alpha value is -1.24. The highest BCUT2D eigenvalue weighted by atomic mass is 14.9. The molecule has 1 rings (SSSR count).